The van der Waals surface area contributed by atoms with Crippen LogP contribution in [0.3, 0.4) is 0 Å². The largest absolute Gasteiger partial charge is 0.497 e. The zero-order chi connectivity index (χ0) is 22.8. The second-order valence-electron chi connectivity index (χ2n) is 7.70. The number of hydrogen-bond donors (Lipinski definition) is 2. The molecule has 0 amide bonds. The average molecular weight is 440 g/mol. The van der Waals surface area contributed by atoms with Crippen LogP contribution in [0.25, 0.3) is 21.8 Å². The summed E-state index contributed by atoms with van der Waals surface area (Å²) in [6.45, 7) is 0.981. The number of rotatable bonds is 7. The lowest BCUT2D eigenvalue weighted by Gasteiger charge is -2.16. The Kier molecular flexibility index (Phi) is 5.54. The molecule has 33 heavy (non-hydrogen) atoms. The maximum absolute atomic E-state index is 5.99. The molecule has 5 rings (SSSR count). The number of fused-ring (bicyclic) bond motifs is 2. The van der Waals surface area contributed by atoms with Gasteiger partial charge in [0, 0.05) is 23.4 Å². The van der Waals surface area contributed by atoms with E-state index in [9.17, 15) is 0 Å². The Labute approximate surface area is 191 Å². The molecule has 0 aliphatic heterocycles. The number of methoxy groups -OCH3 is 2. The van der Waals surface area contributed by atoms with E-state index in [0.717, 1.165) is 39.1 Å². The average Bonchev–Trinajstić information content (AvgIpc) is 3.21. The first-order valence-electron chi connectivity index (χ1n) is 10.7. The summed E-state index contributed by atoms with van der Waals surface area (Å²) in [5, 5.41) is 5.28. The lowest BCUT2D eigenvalue weighted by Crippen LogP contribution is -2.07. The molecule has 0 bridgehead atoms. The lowest BCUT2D eigenvalue weighted by molar-refractivity contribution is 0.397. The number of ether oxygens (including phenoxy) is 2. The van der Waals surface area contributed by atoms with Gasteiger partial charge < -0.3 is 25.1 Å². The predicted molar refractivity (Wildman–Crippen MR) is 131 cm³/mol. The van der Waals surface area contributed by atoms with Gasteiger partial charge in [0.25, 0.3) is 0 Å². The van der Waals surface area contributed by atoms with E-state index in [1.807, 2.05) is 48.5 Å². The minimum Gasteiger partial charge on any atom is -0.497 e. The predicted octanol–water partition coefficient (Wildman–Crippen LogP) is 4.85. The van der Waals surface area contributed by atoms with Crippen LogP contribution in [0.4, 0.5) is 11.6 Å². The smallest absolute Gasteiger partial charge is 0.208 e. The van der Waals surface area contributed by atoms with E-state index in [-0.39, 0.29) is 0 Å². The molecule has 0 aliphatic rings. The van der Waals surface area contributed by atoms with Gasteiger partial charge >= 0.3 is 0 Å². The van der Waals surface area contributed by atoms with Gasteiger partial charge in [-0.1, -0.05) is 42.5 Å². The van der Waals surface area contributed by atoms with Crippen molar-refractivity contribution < 1.29 is 9.47 Å². The summed E-state index contributed by atoms with van der Waals surface area (Å²) < 4.78 is 13.3. The zero-order valence-corrected chi connectivity index (χ0v) is 18.6. The molecular formula is C26H25N5O2. The van der Waals surface area contributed by atoms with Crippen LogP contribution in [0.5, 0.6) is 11.5 Å². The van der Waals surface area contributed by atoms with Crippen molar-refractivity contribution in [1.82, 2.24) is 14.5 Å². The minimum atomic E-state index is 0.298. The lowest BCUT2D eigenvalue weighted by atomic mass is 10.1. The summed E-state index contributed by atoms with van der Waals surface area (Å²) in [6, 6.07) is 22.3. The number of para-hydroxylation sites is 2. The summed E-state index contributed by atoms with van der Waals surface area (Å²) >= 11 is 0. The highest BCUT2D eigenvalue weighted by atomic mass is 16.5. The van der Waals surface area contributed by atoms with E-state index in [1.165, 1.54) is 5.56 Å². The molecule has 7 nitrogen and oxygen atoms in total. The van der Waals surface area contributed by atoms with Crippen LogP contribution in [-0.4, -0.2) is 28.8 Å². The highest BCUT2D eigenvalue weighted by Crippen LogP contribution is 2.38. The second-order valence-corrected chi connectivity index (χ2v) is 7.70. The number of imidazole rings is 1. The van der Waals surface area contributed by atoms with Crippen molar-refractivity contribution in [2.24, 2.45) is 5.73 Å². The van der Waals surface area contributed by atoms with E-state index in [4.69, 9.17) is 20.2 Å². The number of nitrogens with zero attached hydrogens (tertiary/aromatic N) is 3. The van der Waals surface area contributed by atoms with Gasteiger partial charge in [-0.05, 0) is 23.8 Å². The number of nitrogens with two attached hydrogens (primary N) is 1. The first kappa shape index (κ1) is 20.8. The summed E-state index contributed by atoms with van der Waals surface area (Å²) in [4.78, 5) is 9.48. The highest BCUT2D eigenvalue weighted by Gasteiger charge is 2.17. The maximum atomic E-state index is 5.99. The SMILES string of the molecule is COc1cc(OC)c2c(CN)ncc(Nc3nc4ccccc4n3Cc3ccccc3)c2c1. The Balaban J connectivity index is 1.67. The topological polar surface area (TPSA) is 87.2 Å². The van der Waals surface area contributed by atoms with Gasteiger partial charge in [0.05, 0.1) is 49.4 Å². The standard InChI is InChI=1S/C26H25N5O2/c1-32-18-12-19-22(15-28-21(14-27)25(19)24(13-18)33-2)30-26-29-20-10-6-7-11-23(20)31(26)16-17-8-4-3-5-9-17/h3-13,15H,14,16,27H2,1-2H3,(H,29,30). The number of nitrogens with one attached hydrogen (secondary N) is 1. The fourth-order valence-corrected chi connectivity index (χ4v) is 4.13. The summed E-state index contributed by atoms with van der Waals surface area (Å²) in [6.07, 6.45) is 1.79. The molecule has 0 unspecified atom stereocenters. The Morgan fingerprint density at radius 2 is 1.76 bits per heavy atom. The summed E-state index contributed by atoms with van der Waals surface area (Å²) in [7, 11) is 3.27. The van der Waals surface area contributed by atoms with Gasteiger partial charge in [-0.3, -0.25) is 4.98 Å². The molecule has 5 aromatic rings. The third-order valence-corrected chi connectivity index (χ3v) is 5.74. The number of hydrogen-bond acceptors (Lipinski definition) is 6. The summed E-state index contributed by atoms with van der Waals surface area (Å²) in [5.41, 5.74) is 10.7. The number of aromatic nitrogens is 3. The van der Waals surface area contributed by atoms with Crippen LogP contribution < -0.4 is 20.5 Å². The Morgan fingerprint density at radius 3 is 2.52 bits per heavy atom. The number of benzene rings is 3. The van der Waals surface area contributed by atoms with Gasteiger partial charge in [-0.25, -0.2) is 4.98 Å². The molecule has 0 radical (unpaired) electrons. The third-order valence-electron chi connectivity index (χ3n) is 5.74. The van der Waals surface area contributed by atoms with Crippen molar-refractivity contribution in [2.45, 2.75) is 13.1 Å². The van der Waals surface area contributed by atoms with Gasteiger partial charge in [-0.15, -0.1) is 0 Å². The summed E-state index contributed by atoms with van der Waals surface area (Å²) in [5.74, 6) is 2.08. The van der Waals surface area contributed by atoms with Crippen LogP contribution in [0, 0.1) is 0 Å². The molecule has 166 valence electrons. The van der Waals surface area contributed by atoms with Crippen LogP contribution in [0.15, 0.2) is 72.9 Å². The van der Waals surface area contributed by atoms with Crippen molar-refractivity contribution in [1.29, 1.82) is 0 Å². The first-order chi connectivity index (χ1) is 16.2. The van der Waals surface area contributed by atoms with E-state index in [1.54, 1.807) is 20.4 Å². The molecule has 3 aromatic carbocycles. The van der Waals surface area contributed by atoms with Crippen LogP contribution in [0.1, 0.15) is 11.3 Å². The van der Waals surface area contributed by atoms with E-state index >= 15 is 0 Å². The Morgan fingerprint density at radius 1 is 0.970 bits per heavy atom. The van der Waals surface area contributed by atoms with E-state index < -0.39 is 0 Å². The quantitative estimate of drug-likeness (QED) is 0.377. The Hall–Kier alpha value is -4.10. The normalized spacial score (nSPS) is 11.1. The molecule has 0 atom stereocenters. The molecule has 7 heteroatoms. The fraction of sp³-hybridized carbons (Fsp3) is 0.154. The van der Waals surface area contributed by atoms with E-state index in [2.05, 4.69) is 33.1 Å². The van der Waals surface area contributed by atoms with Gasteiger partial charge in [-0.2, -0.15) is 0 Å². The van der Waals surface area contributed by atoms with E-state index in [0.29, 0.717) is 24.6 Å². The second kappa shape index (κ2) is 8.80. The maximum Gasteiger partial charge on any atom is 0.208 e. The van der Waals surface area contributed by atoms with Crippen LogP contribution in [0.2, 0.25) is 0 Å². The van der Waals surface area contributed by atoms with Gasteiger partial charge in [0.15, 0.2) is 0 Å². The van der Waals surface area contributed by atoms with Crippen LogP contribution >= 0.6 is 0 Å². The van der Waals surface area contributed by atoms with Gasteiger partial charge in [0.2, 0.25) is 5.95 Å². The minimum absolute atomic E-state index is 0.298. The monoisotopic (exact) mass is 439 g/mol. The van der Waals surface area contributed by atoms with Gasteiger partial charge in [0.1, 0.15) is 11.5 Å². The Bertz CT molecular complexity index is 1430. The molecule has 2 heterocycles. The molecule has 0 fully saturated rings. The van der Waals surface area contributed by atoms with Crippen molar-refractivity contribution >= 4 is 33.4 Å². The van der Waals surface area contributed by atoms with Crippen molar-refractivity contribution in [3.63, 3.8) is 0 Å². The highest BCUT2D eigenvalue weighted by molar-refractivity contribution is 6.01. The van der Waals surface area contributed by atoms with Crippen molar-refractivity contribution in [2.75, 3.05) is 19.5 Å². The first-order valence-corrected chi connectivity index (χ1v) is 10.7. The molecule has 3 N–H and O–H groups in total. The zero-order valence-electron chi connectivity index (χ0n) is 18.6. The molecule has 2 aromatic heterocycles. The molecule has 0 saturated carbocycles. The van der Waals surface area contributed by atoms with Crippen molar-refractivity contribution in [3.05, 3.63) is 84.2 Å². The van der Waals surface area contributed by atoms with Crippen LogP contribution in [-0.2, 0) is 13.1 Å². The third kappa shape index (κ3) is 3.83. The van der Waals surface area contributed by atoms with Crippen molar-refractivity contribution in [3.8, 4) is 11.5 Å². The number of pyridine rings is 1. The fourth-order valence-electron chi connectivity index (χ4n) is 4.13. The molecular weight excluding hydrogens is 414 g/mol. The molecule has 0 saturated heterocycles. The molecule has 0 spiro atoms. The molecule has 0 aliphatic carbocycles. The number of anilines is 2.